The minimum Gasteiger partial charge on any atom is -0.368 e. The monoisotopic (exact) mass is 353 g/mol. The zero-order valence-electron chi connectivity index (χ0n) is 13.6. The fraction of sp³-hybridized carbons (Fsp3) is 0.412. The normalized spacial score (nSPS) is 16.2. The number of piperidine rings is 1. The Balaban J connectivity index is 1.67. The van der Waals surface area contributed by atoms with Crippen molar-refractivity contribution in [3.8, 4) is 0 Å². The van der Waals surface area contributed by atoms with Gasteiger partial charge in [-0.3, -0.25) is 4.79 Å². The third-order valence-corrected chi connectivity index (χ3v) is 4.53. The molecule has 1 aromatic carbocycles. The number of hydrogen-bond acceptors (Lipinski definition) is 4. The van der Waals surface area contributed by atoms with Crippen LogP contribution in [0.4, 0.5) is 19.1 Å². The van der Waals surface area contributed by atoms with Gasteiger partial charge in [-0.05, 0) is 43.5 Å². The quantitative estimate of drug-likeness (QED) is 0.895. The lowest BCUT2D eigenvalue weighted by atomic mass is 9.93. The van der Waals surface area contributed by atoms with Gasteiger partial charge < -0.3 is 15.2 Å². The topological polar surface area (TPSA) is 72.4 Å². The van der Waals surface area contributed by atoms with Crippen molar-refractivity contribution in [2.24, 2.45) is 0 Å². The molecule has 1 aliphatic rings. The molecule has 8 heteroatoms. The number of halogens is 3. The summed E-state index contributed by atoms with van der Waals surface area (Å²) in [4.78, 5) is 14.2. The summed E-state index contributed by atoms with van der Waals surface area (Å²) in [6.45, 7) is 2.38. The van der Waals surface area contributed by atoms with Crippen LogP contribution < -0.4 is 5.73 Å². The molecule has 0 aliphatic carbocycles. The summed E-state index contributed by atoms with van der Waals surface area (Å²) < 4.78 is 43.3. The Hall–Kier alpha value is -2.51. The molecule has 0 bridgehead atoms. The summed E-state index contributed by atoms with van der Waals surface area (Å²) in [6.07, 6.45) is -3.00. The molecule has 25 heavy (non-hydrogen) atoms. The molecule has 3 rings (SSSR count). The number of anilines is 1. The fourth-order valence-corrected chi connectivity index (χ4v) is 3.17. The van der Waals surface area contributed by atoms with Crippen LogP contribution in [0.1, 0.15) is 45.9 Å². The summed E-state index contributed by atoms with van der Waals surface area (Å²) in [6, 6.07) is 5.19. The molecule has 1 aromatic heterocycles. The number of likely N-dealkylation sites (tertiary alicyclic amines) is 1. The van der Waals surface area contributed by atoms with E-state index in [4.69, 9.17) is 10.3 Å². The number of aryl methyl sites for hydroxylation is 1. The van der Waals surface area contributed by atoms with Gasteiger partial charge in [0, 0.05) is 30.6 Å². The highest BCUT2D eigenvalue weighted by Crippen LogP contribution is 2.33. The third-order valence-electron chi connectivity index (χ3n) is 4.53. The average molecular weight is 353 g/mol. The molecule has 1 saturated heterocycles. The predicted molar refractivity (Wildman–Crippen MR) is 85.0 cm³/mol. The second-order valence-electron chi connectivity index (χ2n) is 6.25. The van der Waals surface area contributed by atoms with Gasteiger partial charge >= 0.3 is 6.18 Å². The largest absolute Gasteiger partial charge is 0.416 e. The van der Waals surface area contributed by atoms with Gasteiger partial charge in [-0.25, -0.2) is 0 Å². The number of carbonyl (C=O) groups excluding carboxylic acids is 1. The molecule has 2 aromatic rings. The van der Waals surface area contributed by atoms with E-state index in [9.17, 15) is 18.0 Å². The number of nitrogens with two attached hydrogens (primary N) is 1. The highest BCUT2D eigenvalue weighted by molar-refractivity contribution is 5.94. The Labute approximate surface area is 142 Å². The molecule has 2 heterocycles. The van der Waals surface area contributed by atoms with Crippen LogP contribution in [0, 0.1) is 6.92 Å². The van der Waals surface area contributed by atoms with Crippen molar-refractivity contribution in [1.82, 2.24) is 10.1 Å². The van der Waals surface area contributed by atoms with E-state index in [0.29, 0.717) is 25.9 Å². The molecule has 1 fully saturated rings. The Bertz CT molecular complexity index is 778. The summed E-state index contributed by atoms with van der Waals surface area (Å²) in [5, 5.41) is 3.90. The number of amides is 1. The fourth-order valence-electron chi connectivity index (χ4n) is 3.17. The third kappa shape index (κ3) is 3.62. The molecular formula is C17H18F3N3O2. The van der Waals surface area contributed by atoms with Crippen molar-refractivity contribution in [3.63, 3.8) is 0 Å². The molecule has 0 atom stereocenters. The van der Waals surface area contributed by atoms with E-state index in [0.717, 1.165) is 11.8 Å². The molecule has 2 N–H and O–H groups in total. The van der Waals surface area contributed by atoms with Crippen molar-refractivity contribution in [1.29, 1.82) is 0 Å². The van der Waals surface area contributed by atoms with Crippen LogP contribution in [0.2, 0.25) is 0 Å². The van der Waals surface area contributed by atoms with Crippen LogP contribution in [0.5, 0.6) is 0 Å². The molecule has 0 radical (unpaired) electrons. The number of benzene rings is 1. The highest BCUT2D eigenvalue weighted by Gasteiger charge is 2.33. The molecule has 0 unspecified atom stereocenters. The van der Waals surface area contributed by atoms with Gasteiger partial charge in [0.25, 0.3) is 5.91 Å². The van der Waals surface area contributed by atoms with E-state index in [1.54, 1.807) is 11.0 Å². The van der Waals surface area contributed by atoms with E-state index in [2.05, 4.69) is 5.16 Å². The number of aromatic nitrogens is 1. The van der Waals surface area contributed by atoms with Gasteiger partial charge in [-0.1, -0.05) is 5.16 Å². The summed E-state index contributed by atoms with van der Waals surface area (Å²) in [5.74, 6) is 0.170. The molecule has 5 nitrogen and oxygen atoms in total. The van der Waals surface area contributed by atoms with Gasteiger partial charge in [0.15, 0.2) is 0 Å². The first kappa shape index (κ1) is 17.3. The second kappa shape index (κ2) is 6.42. The Kier molecular flexibility index (Phi) is 4.45. The lowest BCUT2D eigenvalue weighted by molar-refractivity contribution is -0.138. The predicted octanol–water partition coefficient (Wildman–Crippen LogP) is 3.60. The van der Waals surface area contributed by atoms with Crippen LogP contribution in [-0.2, 0) is 6.18 Å². The van der Waals surface area contributed by atoms with Crippen molar-refractivity contribution >= 4 is 11.8 Å². The highest BCUT2D eigenvalue weighted by atomic mass is 19.4. The molecule has 1 aliphatic heterocycles. The van der Waals surface area contributed by atoms with Gasteiger partial charge in [0.1, 0.15) is 0 Å². The van der Waals surface area contributed by atoms with Crippen molar-refractivity contribution in [3.05, 3.63) is 46.6 Å². The maximum atomic E-state index is 12.8. The maximum absolute atomic E-state index is 12.8. The first-order valence-electron chi connectivity index (χ1n) is 7.95. The number of alkyl halides is 3. The summed E-state index contributed by atoms with van der Waals surface area (Å²) in [7, 11) is 0. The number of nitrogens with zero attached hydrogens (tertiary/aromatic N) is 2. The Morgan fingerprint density at radius 3 is 2.48 bits per heavy atom. The van der Waals surface area contributed by atoms with Crippen molar-refractivity contribution < 1.29 is 22.5 Å². The number of rotatable bonds is 2. The van der Waals surface area contributed by atoms with Crippen molar-refractivity contribution in [2.75, 3.05) is 18.8 Å². The number of carbonyl (C=O) groups is 1. The van der Waals surface area contributed by atoms with E-state index in [1.807, 2.05) is 0 Å². The van der Waals surface area contributed by atoms with Crippen LogP contribution in [0.3, 0.4) is 0 Å². The van der Waals surface area contributed by atoms with Crippen LogP contribution in [0.15, 0.2) is 28.8 Å². The van der Waals surface area contributed by atoms with Crippen LogP contribution >= 0.6 is 0 Å². The molecule has 134 valence electrons. The van der Waals surface area contributed by atoms with Gasteiger partial charge in [-0.2, -0.15) is 13.2 Å². The minimum absolute atomic E-state index is 0.0475. The standard InChI is InChI=1S/C17H18F3N3O2/c1-10-8-12(2-3-13(10)17(18,19)20)16(24)23-6-4-11(5-7-23)14-9-15(21)25-22-14/h2-3,8-9,11H,4-7,21H2,1H3. The van der Waals surface area contributed by atoms with Crippen LogP contribution in [-0.4, -0.2) is 29.1 Å². The zero-order valence-corrected chi connectivity index (χ0v) is 13.6. The minimum atomic E-state index is -4.41. The van der Waals surface area contributed by atoms with Crippen molar-refractivity contribution in [2.45, 2.75) is 31.9 Å². The molecule has 0 saturated carbocycles. The Morgan fingerprint density at radius 2 is 1.96 bits per heavy atom. The number of hydrogen-bond donors (Lipinski definition) is 1. The van der Waals surface area contributed by atoms with E-state index >= 15 is 0 Å². The SMILES string of the molecule is Cc1cc(C(=O)N2CCC(c3cc(N)on3)CC2)ccc1C(F)(F)F. The molecular weight excluding hydrogens is 335 g/mol. The number of nitrogen functional groups attached to an aromatic ring is 1. The maximum Gasteiger partial charge on any atom is 0.416 e. The lowest BCUT2D eigenvalue weighted by Gasteiger charge is -2.31. The van der Waals surface area contributed by atoms with E-state index < -0.39 is 11.7 Å². The molecule has 1 amide bonds. The summed E-state index contributed by atoms with van der Waals surface area (Å²) in [5.41, 5.74) is 5.90. The first-order valence-corrected chi connectivity index (χ1v) is 7.95. The average Bonchev–Trinajstić information content (AvgIpc) is 2.99. The van der Waals surface area contributed by atoms with E-state index in [1.165, 1.54) is 19.1 Å². The van der Waals surface area contributed by atoms with Crippen LogP contribution in [0.25, 0.3) is 0 Å². The first-order chi connectivity index (χ1) is 11.8. The van der Waals surface area contributed by atoms with Gasteiger partial charge in [0.05, 0.1) is 11.3 Å². The molecule has 0 spiro atoms. The summed E-state index contributed by atoms with van der Waals surface area (Å²) >= 11 is 0. The lowest BCUT2D eigenvalue weighted by Crippen LogP contribution is -2.38. The van der Waals surface area contributed by atoms with E-state index in [-0.39, 0.29) is 28.8 Å². The van der Waals surface area contributed by atoms with Gasteiger partial charge in [-0.15, -0.1) is 0 Å². The zero-order chi connectivity index (χ0) is 18.2. The smallest absolute Gasteiger partial charge is 0.368 e. The van der Waals surface area contributed by atoms with Gasteiger partial charge in [0.2, 0.25) is 5.88 Å². The second-order valence-corrected chi connectivity index (χ2v) is 6.25. The Morgan fingerprint density at radius 1 is 1.28 bits per heavy atom.